The van der Waals surface area contributed by atoms with E-state index in [-0.39, 0.29) is 24.6 Å². The average Bonchev–Trinajstić information content (AvgIpc) is 3.07. The minimum absolute atomic E-state index is 0.132. The minimum atomic E-state index is -0.253. The SMILES string of the molecule is [C-]#[N+]C[C@H]1CN(c2nc(O[C@@H](C)CN(C)C3CCOCC3)nc3c2CCN(c2cccc4cccc(Cl)c24)C3)CCN1C(=O)C=C. The van der Waals surface area contributed by atoms with E-state index in [1.165, 1.54) is 6.08 Å². The average molecular weight is 644 g/mol. The number of hydrogen-bond acceptors (Lipinski definition) is 8. The highest BCUT2D eigenvalue weighted by Gasteiger charge is 2.35. The molecule has 3 aromatic rings. The summed E-state index contributed by atoms with van der Waals surface area (Å²) < 4.78 is 12.0. The van der Waals surface area contributed by atoms with Crippen LogP contribution in [0.15, 0.2) is 49.1 Å². The number of nitrogens with zero attached hydrogens (tertiary/aromatic N) is 7. The molecule has 2 fully saturated rings. The fourth-order valence-electron chi connectivity index (χ4n) is 7.06. The van der Waals surface area contributed by atoms with Crippen LogP contribution >= 0.6 is 11.6 Å². The number of carbonyl (C=O) groups excluding carboxylic acids is 1. The van der Waals surface area contributed by atoms with Gasteiger partial charge < -0.3 is 29.0 Å². The molecule has 46 heavy (non-hydrogen) atoms. The summed E-state index contributed by atoms with van der Waals surface area (Å²) in [6.07, 6.45) is 3.98. The fourth-order valence-corrected chi connectivity index (χ4v) is 7.34. The predicted molar refractivity (Wildman–Crippen MR) is 182 cm³/mol. The lowest BCUT2D eigenvalue weighted by Crippen LogP contribution is -2.56. The second-order valence-electron chi connectivity index (χ2n) is 12.4. The first-order chi connectivity index (χ1) is 22.4. The predicted octanol–water partition coefficient (Wildman–Crippen LogP) is 4.85. The van der Waals surface area contributed by atoms with Crippen molar-refractivity contribution in [3.05, 3.63) is 76.8 Å². The molecule has 0 bridgehead atoms. The van der Waals surface area contributed by atoms with Crippen molar-refractivity contribution in [3.63, 3.8) is 0 Å². The minimum Gasteiger partial charge on any atom is -0.459 e. The first-order valence-corrected chi connectivity index (χ1v) is 16.5. The quantitative estimate of drug-likeness (QED) is 0.242. The van der Waals surface area contributed by atoms with Crippen LogP contribution in [0.5, 0.6) is 6.01 Å². The molecule has 0 saturated carbocycles. The lowest BCUT2D eigenvalue weighted by atomic mass is 10.0. The van der Waals surface area contributed by atoms with Gasteiger partial charge >= 0.3 is 6.01 Å². The maximum absolute atomic E-state index is 12.6. The Morgan fingerprint density at radius 1 is 1.20 bits per heavy atom. The Morgan fingerprint density at radius 3 is 2.74 bits per heavy atom. The summed E-state index contributed by atoms with van der Waals surface area (Å²) in [7, 11) is 2.14. The molecule has 2 saturated heterocycles. The zero-order valence-corrected chi connectivity index (χ0v) is 27.5. The molecule has 2 atom stereocenters. The largest absolute Gasteiger partial charge is 0.459 e. The summed E-state index contributed by atoms with van der Waals surface area (Å²) in [6.45, 7) is 18.8. The molecular weight excluding hydrogens is 602 g/mol. The summed E-state index contributed by atoms with van der Waals surface area (Å²) in [5.41, 5.74) is 3.09. The van der Waals surface area contributed by atoms with Gasteiger partial charge in [-0.1, -0.05) is 42.4 Å². The number of likely N-dealkylation sites (N-methyl/N-ethyl adjacent to an activating group) is 1. The van der Waals surface area contributed by atoms with Crippen LogP contribution in [-0.2, 0) is 22.5 Å². The van der Waals surface area contributed by atoms with Crippen LogP contribution in [0.2, 0.25) is 5.02 Å². The van der Waals surface area contributed by atoms with Gasteiger partial charge in [0.05, 0.1) is 17.3 Å². The van der Waals surface area contributed by atoms with E-state index in [9.17, 15) is 4.79 Å². The summed E-state index contributed by atoms with van der Waals surface area (Å²) in [5.74, 6) is 0.690. The van der Waals surface area contributed by atoms with Crippen molar-refractivity contribution in [3.8, 4) is 6.01 Å². The Labute approximate surface area is 276 Å². The molecule has 4 heterocycles. The zero-order chi connectivity index (χ0) is 32.2. The van der Waals surface area contributed by atoms with Crippen LogP contribution in [0, 0.1) is 6.57 Å². The Kier molecular flexibility index (Phi) is 9.92. The first-order valence-electron chi connectivity index (χ1n) is 16.1. The monoisotopic (exact) mass is 643 g/mol. The highest BCUT2D eigenvalue weighted by molar-refractivity contribution is 6.36. The zero-order valence-electron chi connectivity index (χ0n) is 26.7. The lowest BCUT2D eigenvalue weighted by Gasteiger charge is -2.41. The third-order valence-corrected chi connectivity index (χ3v) is 9.72. The molecule has 11 heteroatoms. The van der Waals surface area contributed by atoms with E-state index in [2.05, 4.69) is 64.4 Å². The number of amides is 1. The van der Waals surface area contributed by atoms with E-state index < -0.39 is 0 Å². The first kappa shape index (κ1) is 32.0. The Balaban J connectivity index is 1.31. The number of rotatable bonds is 9. The standard InChI is InChI=1S/C35H42ClN7O3/c1-5-32(44)43-17-16-42(22-27(43)20-37-3)34-28-12-15-41(31-11-7-9-25-8-6-10-29(36)33(25)31)23-30(28)38-35(39-34)46-24(2)21-40(4)26-13-18-45-19-14-26/h5-11,24,26-27H,1,12-23H2,2,4H3/t24-,27-/m0/s1. The van der Waals surface area contributed by atoms with Crippen LogP contribution in [-0.4, -0.2) is 103 Å². The van der Waals surface area contributed by atoms with Crippen LogP contribution in [0.1, 0.15) is 31.0 Å². The second-order valence-corrected chi connectivity index (χ2v) is 12.8. The number of halogens is 1. The Bertz CT molecular complexity index is 1620. The van der Waals surface area contributed by atoms with E-state index in [1.54, 1.807) is 4.90 Å². The molecule has 0 N–H and O–H groups in total. The maximum Gasteiger partial charge on any atom is 0.318 e. The second kappa shape index (κ2) is 14.2. The van der Waals surface area contributed by atoms with Gasteiger partial charge in [0.2, 0.25) is 12.5 Å². The molecule has 3 aliphatic rings. The third-order valence-electron chi connectivity index (χ3n) is 9.40. The highest BCUT2D eigenvalue weighted by Crippen LogP contribution is 2.37. The molecule has 6 rings (SSSR count). The molecule has 0 radical (unpaired) electrons. The molecule has 0 aliphatic carbocycles. The van der Waals surface area contributed by atoms with E-state index in [1.807, 2.05) is 12.1 Å². The van der Waals surface area contributed by atoms with Crippen LogP contribution in [0.25, 0.3) is 15.6 Å². The van der Waals surface area contributed by atoms with Crippen molar-refractivity contribution < 1.29 is 14.3 Å². The number of ether oxygens (including phenoxy) is 2. The number of hydrogen-bond donors (Lipinski definition) is 0. The van der Waals surface area contributed by atoms with Gasteiger partial charge in [-0.3, -0.25) is 9.69 Å². The van der Waals surface area contributed by atoms with Gasteiger partial charge in [-0.15, -0.1) is 0 Å². The number of anilines is 2. The van der Waals surface area contributed by atoms with Gasteiger partial charge in [0.25, 0.3) is 0 Å². The Hall–Kier alpha value is -3.91. The van der Waals surface area contributed by atoms with Gasteiger partial charge in [0, 0.05) is 68.6 Å². The summed E-state index contributed by atoms with van der Waals surface area (Å²) in [4.78, 5) is 35.0. The van der Waals surface area contributed by atoms with Crippen molar-refractivity contribution in [1.82, 2.24) is 19.8 Å². The molecule has 0 unspecified atom stereocenters. The number of piperazine rings is 1. The topological polar surface area (TPSA) is 78.6 Å². The van der Waals surface area contributed by atoms with E-state index in [0.717, 1.165) is 84.1 Å². The summed E-state index contributed by atoms with van der Waals surface area (Å²) in [5, 5.41) is 2.87. The van der Waals surface area contributed by atoms with E-state index in [0.29, 0.717) is 38.2 Å². The van der Waals surface area contributed by atoms with E-state index in [4.69, 9.17) is 37.6 Å². The molecule has 10 nitrogen and oxygen atoms in total. The number of fused-ring (bicyclic) bond motifs is 2. The van der Waals surface area contributed by atoms with Crippen LogP contribution < -0.4 is 14.5 Å². The van der Waals surface area contributed by atoms with Gasteiger partial charge in [-0.05, 0) is 56.8 Å². The molecule has 242 valence electrons. The fraction of sp³-hybridized carbons (Fsp3) is 0.486. The van der Waals surface area contributed by atoms with Gasteiger partial charge in [-0.25, -0.2) is 6.57 Å². The molecular formula is C35H42ClN7O3. The number of carbonyl (C=O) groups is 1. The number of aromatic nitrogens is 2. The van der Waals surface area contributed by atoms with Gasteiger partial charge in [0.15, 0.2) is 0 Å². The van der Waals surface area contributed by atoms with Crippen molar-refractivity contribution in [2.75, 3.05) is 69.3 Å². The maximum atomic E-state index is 12.6. The van der Waals surface area contributed by atoms with Crippen LogP contribution in [0.3, 0.4) is 0 Å². The van der Waals surface area contributed by atoms with Gasteiger partial charge in [0.1, 0.15) is 18.0 Å². The lowest BCUT2D eigenvalue weighted by molar-refractivity contribution is -0.128. The van der Waals surface area contributed by atoms with Crippen LogP contribution in [0.4, 0.5) is 11.5 Å². The summed E-state index contributed by atoms with van der Waals surface area (Å²) in [6, 6.07) is 12.9. The molecule has 2 aromatic carbocycles. The highest BCUT2D eigenvalue weighted by atomic mass is 35.5. The number of benzene rings is 2. The molecule has 0 spiro atoms. The van der Waals surface area contributed by atoms with Crippen molar-refractivity contribution in [2.24, 2.45) is 0 Å². The Morgan fingerprint density at radius 2 is 1.98 bits per heavy atom. The molecule has 1 amide bonds. The summed E-state index contributed by atoms with van der Waals surface area (Å²) >= 11 is 6.73. The van der Waals surface area contributed by atoms with Gasteiger partial charge in [-0.2, -0.15) is 9.97 Å². The smallest absolute Gasteiger partial charge is 0.318 e. The molecule has 1 aromatic heterocycles. The van der Waals surface area contributed by atoms with Crippen molar-refractivity contribution in [2.45, 2.75) is 50.9 Å². The normalized spacial score (nSPS) is 19.5. The van der Waals surface area contributed by atoms with Crippen molar-refractivity contribution in [1.29, 1.82) is 0 Å². The van der Waals surface area contributed by atoms with E-state index >= 15 is 0 Å². The van der Waals surface area contributed by atoms with Crippen molar-refractivity contribution >= 4 is 39.8 Å². The molecule has 3 aliphatic heterocycles. The third kappa shape index (κ3) is 6.77.